The molecule has 2 aromatic carbocycles. The maximum atomic E-state index is 13.0. The quantitative estimate of drug-likeness (QED) is 0.718. The van der Waals surface area contributed by atoms with E-state index < -0.39 is 0 Å². The predicted molar refractivity (Wildman–Crippen MR) is 91.6 cm³/mol. The van der Waals surface area contributed by atoms with E-state index in [4.69, 9.17) is 0 Å². The van der Waals surface area contributed by atoms with E-state index >= 15 is 0 Å². The van der Waals surface area contributed by atoms with E-state index in [9.17, 15) is 4.79 Å². The molecule has 0 fully saturated rings. The van der Waals surface area contributed by atoms with Crippen LogP contribution in [0.4, 0.5) is 0 Å². The van der Waals surface area contributed by atoms with E-state index in [1.165, 1.54) is 22.3 Å². The van der Waals surface area contributed by atoms with Gasteiger partial charge >= 0.3 is 0 Å². The molecule has 1 atom stereocenters. The molecule has 0 saturated heterocycles. The summed E-state index contributed by atoms with van der Waals surface area (Å²) in [5, 5.41) is 0. The first-order valence-corrected chi connectivity index (χ1v) is 8.47. The Balaban J connectivity index is 1.94. The van der Waals surface area contributed by atoms with Crippen LogP contribution in [0.15, 0.2) is 42.5 Å². The number of aryl methyl sites for hydroxylation is 3. The highest BCUT2D eigenvalue weighted by atomic mass is 16.1. The van der Waals surface area contributed by atoms with Crippen molar-refractivity contribution < 1.29 is 4.79 Å². The molecule has 0 spiro atoms. The second-order valence-electron chi connectivity index (χ2n) is 6.25. The van der Waals surface area contributed by atoms with Crippen LogP contribution in [0.5, 0.6) is 0 Å². The minimum Gasteiger partial charge on any atom is -0.293 e. The Morgan fingerprint density at radius 3 is 2.32 bits per heavy atom. The van der Waals surface area contributed by atoms with Gasteiger partial charge in [0.05, 0.1) is 0 Å². The Hall–Kier alpha value is -1.89. The van der Waals surface area contributed by atoms with Crippen molar-refractivity contribution in [1.29, 1.82) is 0 Å². The number of carbonyl (C=O) groups excluding carboxylic acids is 1. The first-order valence-electron chi connectivity index (χ1n) is 8.47. The van der Waals surface area contributed by atoms with Crippen molar-refractivity contribution in [2.75, 3.05) is 0 Å². The Labute approximate surface area is 133 Å². The number of carbonyl (C=O) groups is 1. The van der Waals surface area contributed by atoms with Crippen LogP contribution >= 0.6 is 0 Å². The lowest BCUT2D eigenvalue weighted by Crippen LogP contribution is -2.12. The van der Waals surface area contributed by atoms with E-state index in [2.05, 4.69) is 56.3 Å². The number of rotatable bonds is 3. The molecule has 0 aromatic heterocycles. The van der Waals surface area contributed by atoms with E-state index in [1.54, 1.807) is 0 Å². The molecule has 22 heavy (non-hydrogen) atoms. The van der Waals surface area contributed by atoms with Gasteiger partial charge in [0.25, 0.3) is 0 Å². The maximum absolute atomic E-state index is 13.0. The van der Waals surface area contributed by atoms with Crippen molar-refractivity contribution in [2.45, 2.75) is 51.9 Å². The van der Waals surface area contributed by atoms with Crippen LogP contribution in [0.1, 0.15) is 65.2 Å². The maximum Gasteiger partial charge on any atom is 0.170 e. The Kier molecular flexibility index (Phi) is 4.42. The molecule has 0 amide bonds. The van der Waals surface area contributed by atoms with Crippen LogP contribution in [0.25, 0.3) is 0 Å². The minimum atomic E-state index is 0.0274. The van der Waals surface area contributed by atoms with E-state index in [-0.39, 0.29) is 5.92 Å². The molecular formula is C21H24O. The van der Waals surface area contributed by atoms with Crippen LogP contribution in [-0.2, 0) is 19.3 Å². The van der Waals surface area contributed by atoms with Crippen LogP contribution < -0.4 is 0 Å². The lowest BCUT2D eigenvalue weighted by atomic mass is 9.88. The van der Waals surface area contributed by atoms with Gasteiger partial charge in [-0.1, -0.05) is 56.3 Å². The molecule has 0 heterocycles. The lowest BCUT2D eigenvalue weighted by molar-refractivity contribution is 0.0957. The molecule has 114 valence electrons. The third-order valence-corrected chi connectivity index (χ3v) is 4.89. The third kappa shape index (κ3) is 2.85. The number of ketones is 1. The average Bonchev–Trinajstić information content (AvgIpc) is 2.73. The number of fused-ring (bicyclic) bond motifs is 1. The van der Waals surface area contributed by atoms with E-state index in [0.717, 1.165) is 37.7 Å². The summed E-state index contributed by atoms with van der Waals surface area (Å²) in [5.74, 6) is 0.332. The zero-order valence-corrected chi connectivity index (χ0v) is 13.6. The van der Waals surface area contributed by atoms with E-state index in [1.807, 2.05) is 0 Å². The monoisotopic (exact) mass is 292 g/mol. The Bertz CT molecular complexity index is 667. The molecular weight excluding hydrogens is 268 g/mol. The van der Waals surface area contributed by atoms with Gasteiger partial charge in [-0.2, -0.15) is 0 Å². The summed E-state index contributed by atoms with van der Waals surface area (Å²) in [6, 6.07) is 15.0. The predicted octanol–water partition coefficient (Wildman–Crippen LogP) is 5.11. The largest absolute Gasteiger partial charge is 0.293 e. The van der Waals surface area contributed by atoms with Gasteiger partial charge in [0, 0.05) is 11.5 Å². The van der Waals surface area contributed by atoms with Crippen LogP contribution in [0.3, 0.4) is 0 Å². The summed E-state index contributed by atoms with van der Waals surface area (Å²) in [7, 11) is 0. The molecule has 2 aromatic rings. The summed E-state index contributed by atoms with van der Waals surface area (Å²) in [6.45, 7) is 4.33. The number of hydrogen-bond donors (Lipinski definition) is 0. The fourth-order valence-electron chi connectivity index (χ4n) is 3.43. The Morgan fingerprint density at radius 1 is 0.955 bits per heavy atom. The minimum absolute atomic E-state index is 0.0274. The van der Waals surface area contributed by atoms with Gasteiger partial charge in [-0.25, -0.2) is 0 Å². The standard InChI is InChI=1S/C21H24O/c1-3-15-8-11-17(12-9-15)19-7-5-6-18-14-16(4-2)10-13-20(18)21(19)22/h8-14,19H,3-7H2,1-2H3. The van der Waals surface area contributed by atoms with Gasteiger partial charge in [-0.15, -0.1) is 0 Å². The zero-order chi connectivity index (χ0) is 15.5. The van der Waals surface area contributed by atoms with Gasteiger partial charge in [-0.3, -0.25) is 4.79 Å². The number of hydrogen-bond acceptors (Lipinski definition) is 1. The average molecular weight is 292 g/mol. The zero-order valence-electron chi connectivity index (χ0n) is 13.6. The molecule has 0 N–H and O–H groups in total. The summed E-state index contributed by atoms with van der Waals surface area (Å²) >= 11 is 0. The van der Waals surface area contributed by atoms with Gasteiger partial charge in [0.15, 0.2) is 5.78 Å². The fourth-order valence-corrected chi connectivity index (χ4v) is 3.43. The number of Topliss-reactive ketones (excluding diaryl/α,β-unsaturated/α-hetero) is 1. The van der Waals surface area contributed by atoms with E-state index in [0.29, 0.717) is 5.78 Å². The van der Waals surface area contributed by atoms with Crippen molar-refractivity contribution in [2.24, 2.45) is 0 Å². The molecule has 0 saturated carbocycles. The Morgan fingerprint density at radius 2 is 1.64 bits per heavy atom. The normalized spacial score (nSPS) is 17.9. The van der Waals surface area contributed by atoms with Crippen LogP contribution in [0, 0.1) is 0 Å². The molecule has 1 unspecified atom stereocenters. The molecule has 1 aliphatic rings. The molecule has 1 aliphatic carbocycles. The second kappa shape index (κ2) is 6.48. The molecule has 0 aliphatic heterocycles. The summed E-state index contributed by atoms with van der Waals surface area (Å²) in [5.41, 5.74) is 6.03. The molecule has 3 rings (SSSR count). The lowest BCUT2D eigenvalue weighted by Gasteiger charge is -2.15. The third-order valence-electron chi connectivity index (χ3n) is 4.89. The van der Waals surface area contributed by atoms with Gasteiger partial charge in [-0.05, 0) is 54.4 Å². The van der Waals surface area contributed by atoms with Crippen molar-refractivity contribution in [3.63, 3.8) is 0 Å². The summed E-state index contributed by atoms with van der Waals surface area (Å²) < 4.78 is 0. The molecule has 0 radical (unpaired) electrons. The van der Waals surface area contributed by atoms with Gasteiger partial charge in [0.2, 0.25) is 0 Å². The fraction of sp³-hybridized carbons (Fsp3) is 0.381. The van der Waals surface area contributed by atoms with Crippen molar-refractivity contribution in [3.8, 4) is 0 Å². The highest BCUT2D eigenvalue weighted by Crippen LogP contribution is 2.32. The second-order valence-corrected chi connectivity index (χ2v) is 6.25. The van der Waals surface area contributed by atoms with Crippen LogP contribution in [0.2, 0.25) is 0 Å². The molecule has 0 bridgehead atoms. The first-order chi connectivity index (χ1) is 10.7. The highest BCUT2D eigenvalue weighted by molar-refractivity contribution is 6.02. The van der Waals surface area contributed by atoms with Crippen molar-refractivity contribution in [3.05, 3.63) is 70.3 Å². The first kappa shape index (κ1) is 15.0. The molecule has 1 nitrogen and oxygen atoms in total. The topological polar surface area (TPSA) is 17.1 Å². The van der Waals surface area contributed by atoms with Crippen molar-refractivity contribution in [1.82, 2.24) is 0 Å². The van der Waals surface area contributed by atoms with Crippen molar-refractivity contribution >= 4 is 5.78 Å². The number of benzene rings is 2. The highest BCUT2D eigenvalue weighted by Gasteiger charge is 2.26. The van der Waals surface area contributed by atoms with Crippen LogP contribution in [-0.4, -0.2) is 5.78 Å². The smallest absolute Gasteiger partial charge is 0.170 e. The SMILES string of the molecule is CCc1ccc(C2CCCc3cc(CC)ccc3C2=O)cc1. The summed E-state index contributed by atoms with van der Waals surface area (Å²) in [4.78, 5) is 13.0. The van der Waals surface area contributed by atoms with Gasteiger partial charge < -0.3 is 0 Å². The molecule has 1 heteroatoms. The summed E-state index contributed by atoms with van der Waals surface area (Å²) in [6.07, 6.45) is 5.15. The van der Waals surface area contributed by atoms with Gasteiger partial charge in [0.1, 0.15) is 0 Å².